The van der Waals surface area contributed by atoms with Gasteiger partial charge in [-0.25, -0.2) is 9.97 Å². The summed E-state index contributed by atoms with van der Waals surface area (Å²) in [6.07, 6.45) is 8.17. The predicted octanol–water partition coefficient (Wildman–Crippen LogP) is 1.35. The predicted molar refractivity (Wildman–Crippen MR) is 98.7 cm³/mol. The van der Waals surface area contributed by atoms with Crippen LogP contribution < -0.4 is 10.9 Å². The summed E-state index contributed by atoms with van der Waals surface area (Å²) in [7, 11) is 1.61. The van der Waals surface area contributed by atoms with E-state index in [-0.39, 0.29) is 28.1 Å². The Kier molecular flexibility index (Phi) is 6.02. The highest BCUT2D eigenvalue weighted by Crippen LogP contribution is 2.20. The average molecular weight is 373 g/mol. The van der Waals surface area contributed by atoms with E-state index in [4.69, 9.17) is 9.15 Å². The average Bonchev–Trinajstić information content (AvgIpc) is 3.28. The van der Waals surface area contributed by atoms with Gasteiger partial charge in [-0.15, -0.1) is 0 Å². The number of carbonyl (C=O) groups excluding carboxylic acids is 1. The van der Waals surface area contributed by atoms with Gasteiger partial charge in [0.1, 0.15) is 17.5 Å². The van der Waals surface area contributed by atoms with Crippen LogP contribution in [0.4, 0.5) is 0 Å². The molecule has 0 aromatic carbocycles. The lowest BCUT2D eigenvalue weighted by atomic mass is 10.1. The minimum absolute atomic E-state index is 0.184. The minimum atomic E-state index is -0.328. The van der Waals surface area contributed by atoms with Crippen molar-refractivity contribution in [1.29, 1.82) is 0 Å². The molecule has 9 heteroatoms. The van der Waals surface area contributed by atoms with E-state index >= 15 is 0 Å². The van der Waals surface area contributed by atoms with Crippen molar-refractivity contribution >= 4 is 17.0 Å². The summed E-state index contributed by atoms with van der Waals surface area (Å²) in [4.78, 5) is 33.6. The number of amides is 1. The zero-order valence-corrected chi connectivity index (χ0v) is 15.5. The Labute approximate surface area is 156 Å². The molecule has 1 amide bonds. The van der Waals surface area contributed by atoms with Crippen molar-refractivity contribution in [2.45, 2.75) is 32.9 Å². The van der Waals surface area contributed by atoms with E-state index in [1.54, 1.807) is 26.6 Å². The number of carbonyl (C=O) groups is 1. The summed E-state index contributed by atoms with van der Waals surface area (Å²) in [5.41, 5.74) is 0.159. The number of furan rings is 1. The molecular weight excluding hydrogens is 350 g/mol. The molecule has 0 radical (unpaired) electrons. The van der Waals surface area contributed by atoms with Crippen molar-refractivity contribution < 1.29 is 13.9 Å². The smallest absolute Gasteiger partial charge is 0.265 e. The first-order chi connectivity index (χ1) is 13.1. The number of aryl methyl sites for hydroxylation is 3. The Bertz CT molecular complexity index is 958. The molecule has 144 valence electrons. The maximum atomic E-state index is 12.8. The fourth-order valence-corrected chi connectivity index (χ4v) is 2.92. The van der Waals surface area contributed by atoms with Crippen molar-refractivity contribution in [2.24, 2.45) is 0 Å². The van der Waals surface area contributed by atoms with Crippen LogP contribution in [0.5, 0.6) is 0 Å². The lowest BCUT2D eigenvalue weighted by molar-refractivity contribution is 0.0952. The normalized spacial score (nSPS) is 11.2. The number of nitrogens with zero attached hydrogens (tertiary/aromatic N) is 4. The molecular formula is C18H23N5O4. The maximum absolute atomic E-state index is 12.8. The van der Waals surface area contributed by atoms with Gasteiger partial charge in [0.25, 0.3) is 11.5 Å². The highest BCUT2D eigenvalue weighted by Gasteiger charge is 2.22. The van der Waals surface area contributed by atoms with E-state index in [1.165, 1.54) is 10.9 Å². The fraction of sp³-hybridized carbons (Fsp3) is 0.444. The number of ether oxygens (including phenoxy) is 1. The van der Waals surface area contributed by atoms with Crippen LogP contribution in [0.25, 0.3) is 11.1 Å². The molecule has 3 rings (SSSR count). The van der Waals surface area contributed by atoms with Gasteiger partial charge < -0.3 is 19.0 Å². The molecule has 0 atom stereocenters. The number of aromatic nitrogens is 4. The van der Waals surface area contributed by atoms with Gasteiger partial charge in [-0.05, 0) is 19.8 Å². The molecule has 1 N–H and O–H groups in total. The van der Waals surface area contributed by atoms with E-state index < -0.39 is 0 Å². The number of hydrogen-bond donors (Lipinski definition) is 1. The zero-order chi connectivity index (χ0) is 19.2. The number of nitrogens with one attached hydrogen (secondary N) is 1. The van der Waals surface area contributed by atoms with Crippen LogP contribution in [0.3, 0.4) is 0 Å². The van der Waals surface area contributed by atoms with Crippen LogP contribution in [-0.2, 0) is 17.8 Å². The molecule has 9 nitrogen and oxygen atoms in total. The van der Waals surface area contributed by atoms with Crippen molar-refractivity contribution in [3.05, 3.63) is 46.7 Å². The summed E-state index contributed by atoms with van der Waals surface area (Å²) in [5.74, 6) is 0.0572. The second kappa shape index (κ2) is 8.63. The van der Waals surface area contributed by atoms with Crippen LogP contribution in [0.2, 0.25) is 0 Å². The van der Waals surface area contributed by atoms with Crippen molar-refractivity contribution in [3.8, 4) is 0 Å². The Balaban J connectivity index is 1.74. The standard InChI is InChI=1S/C18H23N5O4/c1-13-14(16(24)20-5-3-7-22-9-6-19-11-22)15-17(27-13)21-12-23(18(15)25)8-4-10-26-2/h6,9,11-12H,3-5,7-8,10H2,1-2H3,(H,20,24). The highest BCUT2D eigenvalue weighted by atomic mass is 16.5. The van der Waals surface area contributed by atoms with E-state index in [0.29, 0.717) is 31.9 Å². The summed E-state index contributed by atoms with van der Waals surface area (Å²) >= 11 is 0. The summed E-state index contributed by atoms with van der Waals surface area (Å²) in [5, 5.41) is 3.07. The first-order valence-electron chi connectivity index (χ1n) is 8.83. The molecule has 0 aliphatic carbocycles. The Morgan fingerprint density at radius 2 is 2.15 bits per heavy atom. The molecule has 27 heavy (non-hydrogen) atoms. The molecule has 0 saturated heterocycles. The number of hydrogen-bond acceptors (Lipinski definition) is 6. The largest absolute Gasteiger partial charge is 0.442 e. The molecule has 0 bridgehead atoms. The van der Waals surface area contributed by atoms with E-state index in [2.05, 4.69) is 15.3 Å². The van der Waals surface area contributed by atoms with Crippen LogP contribution >= 0.6 is 0 Å². The van der Waals surface area contributed by atoms with Gasteiger partial charge in [-0.1, -0.05) is 0 Å². The van der Waals surface area contributed by atoms with Crippen LogP contribution in [-0.4, -0.2) is 45.3 Å². The first kappa shape index (κ1) is 18.8. The lowest BCUT2D eigenvalue weighted by Crippen LogP contribution is -2.28. The lowest BCUT2D eigenvalue weighted by Gasteiger charge is -2.06. The van der Waals surface area contributed by atoms with Crippen LogP contribution in [0.1, 0.15) is 29.0 Å². The van der Waals surface area contributed by atoms with Crippen LogP contribution in [0, 0.1) is 6.92 Å². The number of methoxy groups -OCH3 is 1. The number of imidazole rings is 1. The molecule has 0 unspecified atom stereocenters. The Morgan fingerprint density at radius 3 is 2.89 bits per heavy atom. The minimum Gasteiger partial charge on any atom is -0.442 e. The van der Waals surface area contributed by atoms with Gasteiger partial charge in [0.15, 0.2) is 0 Å². The van der Waals surface area contributed by atoms with E-state index in [1.807, 2.05) is 10.8 Å². The number of fused-ring (bicyclic) bond motifs is 1. The Hall–Kier alpha value is -2.94. The Morgan fingerprint density at radius 1 is 1.30 bits per heavy atom. The van der Waals surface area contributed by atoms with E-state index in [0.717, 1.165) is 13.0 Å². The SMILES string of the molecule is COCCCn1cnc2oc(C)c(C(=O)NCCCn3ccnc3)c2c1=O. The van der Waals surface area contributed by atoms with Gasteiger partial charge in [-0.2, -0.15) is 0 Å². The maximum Gasteiger partial charge on any atom is 0.265 e. The van der Waals surface area contributed by atoms with Gasteiger partial charge in [-0.3, -0.25) is 14.2 Å². The molecule has 0 aliphatic rings. The van der Waals surface area contributed by atoms with Gasteiger partial charge in [0.05, 0.1) is 11.9 Å². The molecule has 0 fully saturated rings. The number of rotatable bonds is 9. The van der Waals surface area contributed by atoms with Crippen molar-refractivity contribution in [2.75, 3.05) is 20.3 Å². The molecule has 3 aromatic heterocycles. The second-order valence-electron chi connectivity index (χ2n) is 6.21. The van der Waals surface area contributed by atoms with Gasteiger partial charge >= 0.3 is 0 Å². The second-order valence-corrected chi connectivity index (χ2v) is 6.21. The first-order valence-corrected chi connectivity index (χ1v) is 8.83. The molecule has 3 aromatic rings. The third kappa shape index (κ3) is 4.25. The zero-order valence-electron chi connectivity index (χ0n) is 15.5. The topological polar surface area (TPSA) is 104 Å². The summed E-state index contributed by atoms with van der Waals surface area (Å²) < 4.78 is 14.0. The van der Waals surface area contributed by atoms with Gasteiger partial charge in [0, 0.05) is 45.7 Å². The van der Waals surface area contributed by atoms with Crippen molar-refractivity contribution in [1.82, 2.24) is 24.4 Å². The summed E-state index contributed by atoms with van der Waals surface area (Å²) in [6, 6.07) is 0. The van der Waals surface area contributed by atoms with Crippen LogP contribution in [0.15, 0.2) is 34.3 Å². The van der Waals surface area contributed by atoms with E-state index in [9.17, 15) is 9.59 Å². The molecule has 0 spiro atoms. The van der Waals surface area contributed by atoms with Crippen molar-refractivity contribution in [3.63, 3.8) is 0 Å². The molecule has 0 saturated carbocycles. The summed E-state index contributed by atoms with van der Waals surface area (Å²) in [6.45, 7) is 3.90. The third-order valence-corrected chi connectivity index (χ3v) is 4.27. The molecule has 3 heterocycles. The quantitative estimate of drug-likeness (QED) is 0.568. The molecule has 0 aliphatic heterocycles. The van der Waals surface area contributed by atoms with Gasteiger partial charge in [0.2, 0.25) is 5.71 Å². The highest BCUT2D eigenvalue weighted by molar-refractivity contribution is 6.06. The third-order valence-electron chi connectivity index (χ3n) is 4.27. The monoisotopic (exact) mass is 373 g/mol. The fourth-order valence-electron chi connectivity index (χ4n) is 2.92.